The third kappa shape index (κ3) is 6.75. The van der Waals surface area contributed by atoms with Gasteiger partial charge in [-0.15, -0.1) is 0 Å². The van der Waals surface area contributed by atoms with E-state index in [2.05, 4.69) is 38.2 Å². The molecule has 0 atom stereocenters. The Balaban J connectivity index is 1.75. The molecular formula is C24H23ClIN5O3. The summed E-state index contributed by atoms with van der Waals surface area (Å²) in [5.41, 5.74) is 1.72. The number of nitrogens with zero attached hydrogens (tertiary/aromatic N) is 3. The van der Waals surface area contributed by atoms with Gasteiger partial charge in [0, 0.05) is 28.1 Å². The molecule has 0 aliphatic heterocycles. The Labute approximate surface area is 216 Å². The molecule has 3 rings (SSSR count). The quantitative estimate of drug-likeness (QED) is 0.398. The molecule has 0 unspecified atom stereocenters. The summed E-state index contributed by atoms with van der Waals surface area (Å²) < 4.78 is 0.833. The standard InChI is InChI=1S/C24H23ClIN5O3/c1-30(2)14-22(32)31(3)18-8-4-15(5-9-18)23(33)28-20-10-7-17(26)12-19(20)24(34)29-21-11-6-16(25)13-27-21/h4-13H,14H2,1-3H3,(H,28,33)(H,27,29,34). The maximum atomic E-state index is 12.9. The number of carbonyl (C=O) groups is 3. The smallest absolute Gasteiger partial charge is 0.258 e. The normalized spacial score (nSPS) is 10.6. The number of likely N-dealkylation sites (N-methyl/N-ethyl adjacent to an activating group) is 2. The Morgan fingerprint density at radius 2 is 1.65 bits per heavy atom. The molecule has 2 N–H and O–H groups in total. The molecule has 0 fully saturated rings. The maximum Gasteiger partial charge on any atom is 0.258 e. The first-order valence-electron chi connectivity index (χ1n) is 10.2. The van der Waals surface area contributed by atoms with Crippen LogP contribution in [0.1, 0.15) is 20.7 Å². The molecule has 1 heterocycles. The average molecular weight is 592 g/mol. The van der Waals surface area contributed by atoms with Gasteiger partial charge in [0.15, 0.2) is 0 Å². The van der Waals surface area contributed by atoms with E-state index in [4.69, 9.17) is 11.6 Å². The number of nitrogens with one attached hydrogen (secondary N) is 2. The van der Waals surface area contributed by atoms with Gasteiger partial charge in [-0.05, 0) is 91.3 Å². The molecule has 34 heavy (non-hydrogen) atoms. The van der Waals surface area contributed by atoms with Crippen molar-refractivity contribution in [2.75, 3.05) is 43.2 Å². The highest BCUT2D eigenvalue weighted by atomic mass is 127. The molecule has 10 heteroatoms. The monoisotopic (exact) mass is 591 g/mol. The first-order valence-corrected chi connectivity index (χ1v) is 11.6. The molecular weight excluding hydrogens is 569 g/mol. The van der Waals surface area contributed by atoms with Crippen LogP contribution in [-0.4, -0.2) is 55.3 Å². The number of pyridine rings is 1. The molecule has 0 saturated heterocycles. The van der Waals surface area contributed by atoms with E-state index < -0.39 is 5.91 Å². The minimum atomic E-state index is -0.417. The molecule has 3 aromatic rings. The van der Waals surface area contributed by atoms with Gasteiger partial charge in [-0.3, -0.25) is 14.4 Å². The second-order valence-electron chi connectivity index (χ2n) is 7.70. The molecule has 0 aliphatic rings. The fraction of sp³-hybridized carbons (Fsp3) is 0.167. The SMILES string of the molecule is CN(C)CC(=O)N(C)c1ccc(C(=O)Nc2ccc(I)cc2C(=O)Nc2ccc(Cl)cn2)cc1. The summed E-state index contributed by atoms with van der Waals surface area (Å²) in [5.74, 6) is -0.519. The van der Waals surface area contributed by atoms with E-state index in [9.17, 15) is 14.4 Å². The number of hydrogen-bond donors (Lipinski definition) is 2. The number of halogens is 2. The summed E-state index contributed by atoms with van der Waals surface area (Å²) in [4.78, 5) is 45.4. The molecule has 2 aromatic carbocycles. The highest BCUT2D eigenvalue weighted by molar-refractivity contribution is 14.1. The van der Waals surface area contributed by atoms with Crippen LogP contribution in [0.3, 0.4) is 0 Å². The largest absolute Gasteiger partial charge is 0.321 e. The Bertz CT molecular complexity index is 1200. The zero-order chi connectivity index (χ0) is 24.8. The van der Waals surface area contributed by atoms with Crippen molar-refractivity contribution in [2.24, 2.45) is 0 Å². The van der Waals surface area contributed by atoms with Crippen LogP contribution in [-0.2, 0) is 4.79 Å². The summed E-state index contributed by atoms with van der Waals surface area (Å²) in [6, 6.07) is 15.0. The van der Waals surface area contributed by atoms with Gasteiger partial charge >= 0.3 is 0 Å². The van der Waals surface area contributed by atoms with Crippen LogP contribution in [0.2, 0.25) is 5.02 Å². The van der Waals surface area contributed by atoms with Crippen LogP contribution >= 0.6 is 34.2 Å². The highest BCUT2D eigenvalue weighted by Crippen LogP contribution is 2.22. The summed E-state index contributed by atoms with van der Waals surface area (Å²) in [7, 11) is 5.33. The number of anilines is 3. The Kier molecular flexibility index (Phi) is 8.59. The van der Waals surface area contributed by atoms with Crippen LogP contribution in [0, 0.1) is 3.57 Å². The summed E-state index contributed by atoms with van der Waals surface area (Å²) in [6.45, 7) is 0.280. The number of aromatic nitrogens is 1. The fourth-order valence-electron chi connectivity index (χ4n) is 3.00. The van der Waals surface area contributed by atoms with Crippen LogP contribution in [0.25, 0.3) is 0 Å². The maximum absolute atomic E-state index is 12.9. The highest BCUT2D eigenvalue weighted by Gasteiger charge is 2.17. The van der Waals surface area contributed by atoms with Crippen LogP contribution in [0.5, 0.6) is 0 Å². The third-order valence-electron chi connectivity index (χ3n) is 4.79. The number of amides is 3. The minimum Gasteiger partial charge on any atom is -0.321 e. The van der Waals surface area contributed by atoms with Crippen molar-refractivity contribution in [2.45, 2.75) is 0 Å². The fourth-order valence-corrected chi connectivity index (χ4v) is 3.60. The van der Waals surface area contributed by atoms with Crippen molar-refractivity contribution in [3.63, 3.8) is 0 Å². The molecule has 1 aromatic heterocycles. The molecule has 0 radical (unpaired) electrons. The lowest BCUT2D eigenvalue weighted by Crippen LogP contribution is -2.35. The van der Waals surface area contributed by atoms with Gasteiger partial charge < -0.3 is 20.4 Å². The molecule has 0 saturated carbocycles. The lowest BCUT2D eigenvalue weighted by atomic mass is 10.1. The van der Waals surface area contributed by atoms with E-state index >= 15 is 0 Å². The summed E-state index contributed by atoms with van der Waals surface area (Å²) in [5, 5.41) is 5.96. The number of carbonyl (C=O) groups excluding carboxylic acids is 3. The van der Waals surface area contributed by atoms with Crippen LogP contribution in [0.4, 0.5) is 17.2 Å². The van der Waals surface area contributed by atoms with Crippen molar-refractivity contribution < 1.29 is 14.4 Å². The Morgan fingerprint density at radius 3 is 2.26 bits per heavy atom. The molecule has 176 valence electrons. The van der Waals surface area contributed by atoms with E-state index in [1.807, 2.05) is 14.1 Å². The van der Waals surface area contributed by atoms with E-state index in [1.54, 1.807) is 66.5 Å². The van der Waals surface area contributed by atoms with Crippen LogP contribution in [0.15, 0.2) is 60.8 Å². The lowest BCUT2D eigenvalue weighted by Gasteiger charge is -2.20. The van der Waals surface area contributed by atoms with E-state index in [0.29, 0.717) is 33.3 Å². The molecule has 0 bridgehead atoms. The molecule has 3 amide bonds. The first kappa shape index (κ1) is 25.6. The zero-order valence-electron chi connectivity index (χ0n) is 18.8. The summed E-state index contributed by atoms with van der Waals surface area (Å²) in [6.07, 6.45) is 1.43. The zero-order valence-corrected chi connectivity index (χ0v) is 21.7. The van der Waals surface area contributed by atoms with Gasteiger partial charge in [0.2, 0.25) is 5.91 Å². The molecule has 0 aliphatic carbocycles. The molecule has 8 nitrogen and oxygen atoms in total. The van der Waals surface area contributed by atoms with Crippen molar-refractivity contribution >= 4 is 69.1 Å². The minimum absolute atomic E-state index is 0.0630. The average Bonchev–Trinajstić information content (AvgIpc) is 2.80. The van der Waals surface area contributed by atoms with Gasteiger partial charge in [-0.1, -0.05) is 11.6 Å². The predicted octanol–water partition coefficient (Wildman–Crippen LogP) is 4.37. The van der Waals surface area contributed by atoms with Gasteiger partial charge in [0.25, 0.3) is 11.8 Å². The Morgan fingerprint density at radius 1 is 0.941 bits per heavy atom. The molecule has 0 spiro atoms. The van der Waals surface area contributed by atoms with Gasteiger partial charge in [0.05, 0.1) is 22.8 Å². The van der Waals surface area contributed by atoms with E-state index in [0.717, 1.165) is 3.57 Å². The van der Waals surface area contributed by atoms with Crippen molar-refractivity contribution in [3.8, 4) is 0 Å². The predicted molar refractivity (Wildman–Crippen MR) is 143 cm³/mol. The van der Waals surface area contributed by atoms with Crippen molar-refractivity contribution in [3.05, 3.63) is 80.5 Å². The number of benzene rings is 2. The van der Waals surface area contributed by atoms with Gasteiger partial charge in [0.1, 0.15) is 5.82 Å². The third-order valence-corrected chi connectivity index (χ3v) is 5.68. The van der Waals surface area contributed by atoms with Crippen molar-refractivity contribution in [1.82, 2.24) is 9.88 Å². The van der Waals surface area contributed by atoms with Gasteiger partial charge in [-0.2, -0.15) is 0 Å². The number of hydrogen-bond acceptors (Lipinski definition) is 5. The van der Waals surface area contributed by atoms with E-state index in [1.165, 1.54) is 11.1 Å². The van der Waals surface area contributed by atoms with Gasteiger partial charge in [-0.25, -0.2) is 4.98 Å². The topological polar surface area (TPSA) is 94.6 Å². The lowest BCUT2D eigenvalue weighted by molar-refractivity contribution is -0.118. The first-order chi connectivity index (χ1) is 16.1. The Hall–Kier alpha value is -3.02. The van der Waals surface area contributed by atoms with Crippen molar-refractivity contribution in [1.29, 1.82) is 0 Å². The van der Waals surface area contributed by atoms with E-state index in [-0.39, 0.29) is 18.4 Å². The second kappa shape index (κ2) is 11.4. The summed E-state index contributed by atoms with van der Waals surface area (Å²) >= 11 is 7.94. The van der Waals surface area contributed by atoms with Crippen LogP contribution < -0.4 is 15.5 Å². The number of rotatable bonds is 7. The second-order valence-corrected chi connectivity index (χ2v) is 9.38.